The maximum atomic E-state index is 9.21. The molecule has 3 rings (SSSR count). The lowest BCUT2D eigenvalue weighted by molar-refractivity contribution is 0.415. The summed E-state index contributed by atoms with van der Waals surface area (Å²) in [6, 6.07) is 16.9. The Morgan fingerprint density at radius 3 is 2.59 bits per heavy atom. The lowest BCUT2D eigenvalue weighted by Gasteiger charge is -2.00. The molecule has 1 aromatic carbocycles. The molecule has 0 aliphatic carbocycles. The SMILES string of the molecule is COc1ccc(-c2ccc(/C=C(\C#N)c3ccco3)o2)cc1. The molecule has 0 aliphatic rings. The number of rotatable bonds is 4. The van der Waals surface area contributed by atoms with Gasteiger partial charge >= 0.3 is 0 Å². The quantitative estimate of drug-likeness (QED) is 0.658. The van der Waals surface area contributed by atoms with Crippen LogP contribution in [0.25, 0.3) is 23.0 Å². The number of hydrogen-bond donors (Lipinski definition) is 0. The molecule has 2 heterocycles. The van der Waals surface area contributed by atoms with E-state index in [1.807, 2.05) is 36.4 Å². The van der Waals surface area contributed by atoms with Crippen molar-refractivity contribution in [3.8, 4) is 23.1 Å². The first-order valence-corrected chi connectivity index (χ1v) is 6.70. The molecule has 0 aliphatic heterocycles. The largest absolute Gasteiger partial charge is 0.497 e. The Morgan fingerprint density at radius 1 is 1.14 bits per heavy atom. The van der Waals surface area contributed by atoms with Gasteiger partial charge in [0.05, 0.1) is 18.9 Å². The van der Waals surface area contributed by atoms with E-state index < -0.39 is 0 Å². The molecule has 0 saturated heterocycles. The Labute approximate surface area is 127 Å². The summed E-state index contributed by atoms with van der Waals surface area (Å²) in [5, 5.41) is 9.21. The number of benzene rings is 1. The van der Waals surface area contributed by atoms with Crippen LogP contribution < -0.4 is 4.74 Å². The van der Waals surface area contributed by atoms with Crippen molar-refractivity contribution in [1.29, 1.82) is 5.26 Å². The lowest BCUT2D eigenvalue weighted by atomic mass is 10.1. The molecule has 0 bridgehead atoms. The van der Waals surface area contributed by atoms with E-state index in [4.69, 9.17) is 13.6 Å². The molecule has 0 fully saturated rings. The number of hydrogen-bond acceptors (Lipinski definition) is 4. The van der Waals surface area contributed by atoms with Gasteiger partial charge in [0.2, 0.25) is 0 Å². The van der Waals surface area contributed by atoms with Gasteiger partial charge in [-0.05, 0) is 48.5 Å². The summed E-state index contributed by atoms with van der Waals surface area (Å²) in [5.74, 6) is 2.63. The van der Waals surface area contributed by atoms with Crippen molar-refractivity contribution in [3.63, 3.8) is 0 Å². The highest BCUT2D eigenvalue weighted by atomic mass is 16.5. The van der Waals surface area contributed by atoms with Gasteiger partial charge in [-0.1, -0.05) is 0 Å². The van der Waals surface area contributed by atoms with Crippen molar-refractivity contribution >= 4 is 11.6 Å². The molecular weight excluding hydrogens is 278 g/mol. The highest BCUT2D eigenvalue weighted by molar-refractivity contribution is 5.86. The summed E-state index contributed by atoms with van der Waals surface area (Å²) in [6.07, 6.45) is 3.19. The average molecular weight is 291 g/mol. The van der Waals surface area contributed by atoms with E-state index in [2.05, 4.69) is 6.07 Å². The first-order chi connectivity index (χ1) is 10.8. The minimum atomic E-state index is 0.417. The molecule has 0 N–H and O–H groups in total. The van der Waals surface area contributed by atoms with Gasteiger partial charge < -0.3 is 13.6 Å². The Bertz CT molecular complexity index is 818. The summed E-state index contributed by atoms with van der Waals surface area (Å²) >= 11 is 0. The third kappa shape index (κ3) is 2.79. The van der Waals surface area contributed by atoms with Crippen LogP contribution >= 0.6 is 0 Å². The van der Waals surface area contributed by atoms with E-state index in [0.29, 0.717) is 17.1 Å². The highest BCUT2D eigenvalue weighted by Gasteiger charge is 2.07. The number of allylic oxidation sites excluding steroid dienone is 1. The second kappa shape index (κ2) is 6.06. The number of nitrogens with zero attached hydrogens (tertiary/aromatic N) is 1. The third-order valence-corrected chi connectivity index (χ3v) is 3.20. The van der Waals surface area contributed by atoms with Crippen LogP contribution in [0.1, 0.15) is 11.5 Å². The fourth-order valence-corrected chi connectivity index (χ4v) is 2.07. The third-order valence-electron chi connectivity index (χ3n) is 3.20. The summed E-state index contributed by atoms with van der Waals surface area (Å²) in [4.78, 5) is 0. The summed E-state index contributed by atoms with van der Waals surface area (Å²) in [5.41, 5.74) is 1.36. The predicted octanol–water partition coefficient (Wildman–Crippen LogP) is 4.61. The molecule has 2 aromatic heterocycles. The molecule has 3 aromatic rings. The number of furan rings is 2. The Hall–Kier alpha value is -3.19. The molecule has 4 nitrogen and oxygen atoms in total. The van der Waals surface area contributed by atoms with E-state index in [9.17, 15) is 5.26 Å². The van der Waals surface area contributed by atoms with Crippen LogP contribution in [0.2, 0.25) is 0 Å². The molecular formula is C18H13NO3. The normalized spacial score (nSPS) is 11.2. The second-order valence-corrected chi connectivity index (χ2v) is 4.58. The first kappa shape index (κ1) is 13.8. The van der Waals surface area contributed by atoms with Gasteiger partial charge in [0.25, 0.3) is 0 Å². The smallest absolute Gasteiger partial charge is 0.144 e. The van der Waals surface area contributed by atoms with E-state index in [-0.39, 0.29) is 0 Å². The molecule has 0 saturated carbocycles. The van der Waals surface area contributed by atoms with Crippen molar-refractivity contribution in [3.05, 3.63) is 66.3 Å². The van der Waals surface area contributed by atoms with Crippen molar-refractivity contribution < 1.29 is 13.6 Å². The van der Waals surface area contributed by atoms with Gasteiger partial charge in [-0.2, -0.15) is 5.26 Å². The van der Waals surface area contributed by atoms with Crippen LogP contribution in [0, 0.1) is 11.3 Å². The predicted molar refractivity (Wildman–Crippen MR) is 82.9 cm³/mol. The van der Waals surface area contributed by atoms with Crippen LogP contribution in [0.4, 0.5) is 0 Å². The lowest BCUT2D eigenvalue weighted by Crippen LogP contribution is -1.81. The molecule has 22 heavy (non-hydrogen) atoms. The monoisotopic (exact) mass is 291 g/mol. The van der Waals surface area contributed by atoms with Crippen molar-refractivity contribution in [2.45, 2.75) is 0 Å². The van der Waals surface area contributed by atoms with E-state index in [0.717, 1.165) is 17.1 Å². The van der Waals surface area contributed by atoms with Crippen molar-refractivity contribution in [2.24, 2.45) is 0 Å². The highest BCUT2D eigenvalue weighted by Crippen LogP contribution is 2.26. The van der Waals surface area contributed by atoms with E-state index in [1.54, 1.807) is 25.3 Å². The molecule has 0 amide bonds. The first-order valence-electron chi connectivity index (χ1n) is 6.70. The average Bonchev–Trinajstić information content (AvgIpc) is 3.24. The van der Waals surface area contributed by atoms with Crippen LogP contribution in [-0.4, -0.2) is 7.11 Å². The minimum absolute atomic E-state index is 0.417. The van der Waals surface area contributed by atoms with E-state index in [1.165, 1.54) is 6.26 Å². The zero-order valence-corrected chi connectivity index (χ0v) is 11.9. The van der Waals surface area contributed by atoms with Gasteiger partial charge in [0.1, 0.15) is 29.1 Å². The van der Waals surface area contributed by atoms with Crippen molar-refractivity contribution in [2.75, 3.05) is 7.11 Å². The minimum Gasteiger partial charge on any atom is -0.497 e. The van der Waals surface area contributed by atoms with Gasteiger partial charge in [-0.15, -0.1) is 0 Å². The van der Waals surface area contributed by atoms with Gasteiger partial charge in [-0.3, -0.25) is 0 Å². The van der Waals surface area contributed by atoms with Crippen LogP contribution in [0.3, 0.4) is 0 Å². The molecule has 0 radical (unpaired) electrons. The number of nitriles is 1. The zero-order chi connectivity index (χ0) is 15.4. The molecule has 0 spiro atoms. The van der Waals surface area contributed by atoms with Crippen LogP contribution in [0.5, 0.6) is 5.75 Å². The number of methoxy groups -OCH3 is 1. The number of ether oxygens (including phenoxy) is 1. The molecule has 0 unspecified atom stereocenters. The summed E-state index contributed by atoms with van der Waals surface area (Å²) < 4.78 is 16.1. The second-order valence-electron chi connectivity index (χ2n) is 4.58. The fraction of sp³-hybridized carbons (Fsp3) is 0.0556. The maximum Gasteiger partial charge on any atom is 0.144 e. The molecule has 0 atom stereocenters. The Kier molecular flexibility index (Phi) is 3.80. The van der Waals surface area contributed by atoms with Crippen molar-refractivity contribution in [1.82, 2.24) is 0 Å². The van der Waals surface area contributed by atoms with Crippen LogP contribution in [-0.2, 0) is 0 Å². The fourth-order valence-electron chi connectivity index (χ4n) is 2.07. The zero-order valence-electron chi connectivity index (χ0n) is 11.9. The van der Waals surface area contributed by atoms with Gasteiger partial charge in [0, 0.05) is 11.6 Å². The molecule has 108 valence electrons. The van der Waals surface area contributed by atoms with Gasteiger partial charge in [-0.25, -0.2) is 0 Å². The molecule has 4 heteroatoms. The Morgan fingerprint density at radius 2 is 1.95 bits per heavy atom. The topological polar surface area (TPSA) is 59.3 Å². The summed E-state index contributed by atoms with van der Waals surface area (Å²) in [6.45, 7) is 0. The Balaban J connectivity index is 1.88. The van der Waals surface area contributed by atoms with Crippen LogP contribution in [0.15, 0.2) is 63.6 Å². The summed E-state index contributed by atoms with van der Waals surface area (Å²) in [7, 11) is 1.63. The van der Waals surface area contributed by atoms with E-state index >= 15 is 0 Å². The maximum absolute atomic E-state index is 9.21. The standard InChI is InChI=1S/C18H13NO3/c1-20-15-6-4-13(5-7-15)18-9-8-16(22-18)11-14(12-19)17-3-2-10-21-17/h2-11H,1H3/b14-11+. The van der Waals surface area contributed by atoms with Gasteiger partial charge in [0.15, 0.2) is 0 Å².